The Hall–Kier alpha value is 0.120. The first kappa shape index (κ1) is 22.1. The smallest absolute Gasteiger partial charge is 0.744 e. The van der Waals surface area contributed by atoms with Gasteiger partial charge >= 0.3 is 59.1 Å². The van der Waals surface area contributed by atoms with Crippen LogP contribution in [-0.2, 0) is 20.2 Å². The number of hydrogen-bond donors (Lipinski definition) is 2. The molecule has 0 saturated heterocycles. The first-order chi connectivity index (χ1) is 9.01. The molecule has 0 spiro atoms. The van der Waals surface area contributed by atoms with Crippen LogP contribution in [0.2, 0.25) is 0 Å². The average Bonchev–Trinajstić information content (AvgIpc) is 2.24. The topological polar surface area (TPSA) is 166 Å². The third kappa shape index (κ3) is 4.35. The van der Waals surface area contributed by atoms with Crippen molar-refractivity contribution in [1.29, 1.82) is 0 Å². The molecule has 0 atom stereocenters. The van der Waals surface area contributed by atoms with E-state index in [0.29, 0.717) is 0 Å². The summed E-state index contributed by atoms with van der Waals surface area (Å²) in [5.74, 6) is 0. The van der Waals surface area contributed by atoms with Crippen LogP contribution in [0.4, 0.5) is 11.4 Å². The van der Waals surface area contributed by atoms with Crippen molar-refractivity contribution in [2.24, 2.45) is 0 Å². The molecule has 0 radical (unpaired) electrons. The Kier molecular flexibility index (Phi) is 7.38. The molecule has 0 aliphatic carbocycles. The molecule has 0 bridgehead atoms. The van der Waals surface area contributed by atoms with Crippen LogP contribution < -0.4 is 70.6 Å². The van der Waals surface area contributed by atoms with Crippen LogP contribution in [0.25, 0.3) is 10.8 Å². The summed E-state index contributed by atoms with van der Waals surface area (Å²) in [6, 6.07) is 3.91. The van der Waals surface area contributed by atoms with Crippen LogP contribution in [-0.4, -0.2) is 25.9 Å². The molecule has 0 aliphatic heterocycles. The van der Waals surface area contributed by atoms with E-state index in [1.165, 1.54) is 0 Å². The zero-order chi connectivity index (χ0) is 15.3. The minimum atomic E-state index is -4.94. The van der Waals surface area contributed by atoms with Crippen LogP contribution in [0, 0.1) is 0 Å². The van der Waals surface area contributed by atoms with Gasteiger partial charge in [-0.3, -0.25) is 0 Å². The van der Waals surface area contributed by atoms with Gasteiger partial charge in [0.2, 0.25) is 0 Å². The van der Waals surface area contributed by atoms with Gasteiger partial charge in [-0.05, 0) is 24.3 Å². The van der Waals surface area contributed by atoms with Gasteiger partial charge in [0.05, 0.1) is 9.79 Å². The van der Waals surface area contributed by atoms with E-state index in [0.717, 1.165) is 24.3 Å². The molecule has 4 N–H and O–H groups in total. The monoisotopic (exact) mass is 362 g/mol. The van der Waals surface area contributed by atoms with E-state index < -0.39 is 30.0 Å². The molecule has 0 heterocycles. The molecule has 2 aromatic carbocycles. The normalized spacial score (nSPS) is 11.5. The molecule has 0 unspecified atom stereocenters. The predicted molar refractivity (Wildman–Crippen MR) is 68.7 cm³/mol. The van der Waals surface area contributed by atoms with Crippen LogP contribution in [0.15, 0.2) is 34.1 Å². The second-order valence-electron chi connectivity index (χ2n) is 4.00. The van der Waals surface area contributed by atoms with Crippen molar-refractivity contribution in [3.63, 3.8) is 0 Å². The second kappa shape index (κ2) is 7.34. The molecule has 12 heteroatoms. The Morgan fingerprint density at radius 2 is 1.32 bits per heavy atom. The zero-order valence-electron chi connectivity index (χ0n) is 11.7. The molecule has 0 saturated carbocycles. The van der Waals surface area contributed by atoms with Gasteiger partial charge in [0.25, 0.3) is 0 Å². The van der Waals surface area contributed by atoms with Crippen molar-refractivity contribution in [1.82, 2.24) is 0 Å². The number of nitrogen functional groups attached to an aromatic ring is 2. The number of hydrogen-bond acceptors (Lipinski definition) is 8. The Morgan fingerprint density at radius 3 is 1.77 bits per heavy atom. The summed E-state index contributed by atoms with van der Waals surface area (Å²) in [6.07, 6.45) is 0. The molecule has 108 valence electrons. The number of nitrogens with two attached hydrogens (primary N) is 2. The second-order valence-corrected chi connectivity index (χ2v) is 6.70. The fourth-order valence-corrected chi connectivity index (χ4v) is 3.31. The molecule has 0 aliphatic rings. The minimum absolute atomic E-state index is 0. The molecule has 2 rings (SSSR count). The van der Waals surface area contributed by atoms with Crippen molar-refractivity contribution in [3.05, 3.63) is 24.3 Å². The fourth-order valence-electron chi connectivity index (χ4n) is 1.88. The number of anilines is 2. The Morgan fingerprint density at radius 1 is 0.818 bits per heavy atom. The van der Waals surface area contributed by atoms with Gasteiger partial charge in [0, 0.05) is 22.1 Å². The summed E-state index contributed by atoms with van der Waals surface area (Å²) in [6.45, 7) is 0. The standard InChI is InChI=1S/C10H10N2O6S2.2Na/c11-5-3-6-8(19(13,14)15)2-1-7(12)10(6)9(4-5)20(16,17)18;;/h1-4H,11-12H2,(H,13,14,15)(H,16,17,18);;/q;2*+1/p-2. The molecule has 0 fully saturated rings. The quantitative estimate of drug-likeness (QED) is 0.302. The minimum Gasteiger partial charge on any atom is -0.744 e. The zero-order valence-corrected chi connectivity index (χ0v) is 17.4. The molecule has 0 aromatic heterocycles. The van der Waals surface area contributed by atoms with Crippen molar-refractivity contribution in [2.45, 2.75) is 9.79 Å². The van der Waals surface area contributed by atoms with Crippen molar-refractivity contribution in [2.75, 3.05) is 11.5 Å². The van der Waals surface area contributed by atoms with Gasteiger partial charge in [-0.1, -0.05) is 0 Å². The van der Waals surface area contributed by atoms with Crippen molar-refractivity contribution in [3.8, 4) is 0 Å². The Bertz CT molecular complexity index is 928. The van der Waals surface area contributed by atoms with Crippen LogP contribution in [0.5, 0.6) is 0 Å². The predicted octanol–water partition coefficient (Wildman–Crippen LogP) is -6.18. The molecule has 2 aromatic rings. The van der Waals surface area contributed by atoms with E-state index in [2.05, 4.69) is 0 Å². The van der Waals surface area contributed by atoms with Crippen molar-refractivity contribution < 1.29 is 85.1 Å². The number of benzene rings is 2. The van der Waals surface area contributed by atoms with Gasteiger partial charge < -0.3 is 20.6 Å². The summed E-state index contributed by atoms with van der Waals surface area (Å²) >= 11 is 0. The maximum atomic E-state index is 11.2. The van der Waals surface area contributed by atoms with Crippen molar-refractivity contribution >= 4 is 42.4 Å². The maximum Gasteiger partial charge on any atom is 1.00 e. The Labute approximate surface area is 171 Å². The van der Waals surface area contributed by atoms with E-state index in [4.69, 9.17) is 11.5 Å². The summed E-state index contributed by atoms with van der Waals surface area (Å²) < 4.78 is 67.2. The Balaban J connectivity index is 0.00000220. The van der Waals surface area contributed by atoms with Gasteiger partial charge in [-0.2, -0.15) is 0 Å². The summed E-state index contributed by atoms with van der Waals surface area (Å²) in [4.78, 5) is -1.46. The first-order valence-electron chi connectivity index (χ1n) is 5.05. The number of rotatable bonds is 2. The first-order valence-corrected chi connectivity index (χ1v) is 7.87. The third-order valence-electron chi connectivity index (χ3n) is 2.63. The van der Waals surface area contributed by atoms with Gasteiger partial charge in [-0.15, -0.1) is 0 Å². The fraction of sp³-hybridized carbons (Fsp3) is 0. The van der Waals surface area contributed by atoms with Crippen LogP contribution in [0.3, 0.4) is 0 Å². The van der Waals surface area contributed by atoms with Crippen LogP contribution in [0.1, 0.15) is 0 Å². The van der Waals surface area contributed by atoms with E-state index in [1.807, 2.05) is 0 Å². The van der Waals surface area contributed by atoms with E-state index >= 15 is 0 Å². The summed E-state index contributed by atoms with van der Waals surface area (Å²) in [7, 11) is -9.83. The molecule has 8 nitrogen and oxygen atoms in total. The summed E-state index contributed by atoms with van der Waals surface area (Å²) in [5.41, 5.74) is 10.7. The third-order valence-corrected chi connectivity index (χ3v) is 4.39. The van der Waals surface area contributed by atoms with Gasteiger partial charge in [0.1, 0.15) is 20.2 Å². The van der Waals surface area contributed by atoms with E-state index in [9.17, 15) is 25.9 Å². The van der Waals surface area contributed by atoms with Crippen LogP contribution >= 0.6 is 0 Å². The molecular formula is C10H8N2Na2O6S2. The van der Waals surface area contributed by atoms with Gasteiger partial charge in [0.15, 0.2) is 0 Å². The average molecular weight is 362 g/mol. The summed E-state index contributed by atoms with van der Waals surface area (Å²) in [5, 5.41) is -0.624. The SMILES string of the molecule is Nc1cc(S(=O)(=O)[O-])c2c(N)ccc(S(=O)(=O)[O-])c2c1.[Na+].[Na+]. The molecule has 22 heavy (non-hydrogen) atoms. The maximum absolute atomic E-state index is 11.2. The molecule has 0 amide bonds. The number of fused-ring (bicyclic) bond motifs is 1. The van der Waals surface area contributed by atoms with E-state index in [-0.39, 0.29) is 81.3 Å². The van der Waals surface area contributed by atoms with E-state index in [1.54, 1.807) is 0 Å². The largest absolute Gasteiger partial charge is 1.00 e. The van der Waals surface area contributed by atoms with Gasteiger partial charge in [-0.25, -0.2) is 16.8 Å². The molecular weight excluding hydrogens is 354 g/mol.